The molecule has 48 valence electrons. The first kappa shape index (κ1) is 5.97. The van der Waals surface area contributed by atoms with Crippen LogP contribution in [0.25, 0.3) is 0 Å². The van der Waals surface area contributed by atoms with Crippen LogP contribution in [0.5, 0.6) is 0 Å². The molecule has 1 saturated heterocycles. The van der Waals surface area contributed by atoms with E-state index in [1.807, 2.05) is 0 Å². The van der Waals surface area contributed by atoms with Crippen molar-refractivity contribution in [2.45, 2.75) is 18.5 Å². The number of alkyl halides is 1. The van der Waals surface area contributed by atoms with E-state index in [1.165, 1.54) is 6.92 Å². The summed E-state index contributed by atoms with van der Waals surface area (Å²) < 4.78 is 36.0. The fraction of sp³-hybridized carbons (Fsp3) is 1.00. The zero-order valence-corrected chi connectivity index (χ0v) is 5.03. The molecule has 1 unspecified atom stereocenters. The molecule has 0 radical (unpaired) electrons. The molecule has 1 fully saturated rings. The Labute approximate surface area is 46.6 Å². The molecule has 0 aromatic heterocycles. The number of hydrogen-bond acceptors (Lipinski definition) is 3. The molecule has 0 bridgehead atoms. The molecule has 1 rings (SSSR count). The van der Waals surface area contributed by atoms with Crippen LogP contribution in [0.15, 0.2) is 0 Å². The van der Waals surface area contributed by atoms with E-state index >= 15 is 0 Å². The molecule has 5 heteroatoms. The Morgan fingerprint density at radius 3 is 2.12 bits per heavy atom. The highest BCUT2D eigenvalue weighted by molar-refractivity contribution is 7.93. The smallest absolute Gasteiger partial charge is 0.208 e. The highest BCUT2D eigenvalue weighted by Crippen LogP contribution is 2.43. The molecule has 1 aliphatic rings. The minimum Gasteiger partial charge on any atom is -0.208 e. The van der Waals surface area contributed by atoms with Crippen LogP contribution >= 0.6 is 0 Å². The number of rotatable bonds is 1. The van der Waals surface area contributed by atoms with Crippen LogP contribution in [0.4, 0.5) is 4.39 Å². The lowest BCUT2D eigenvalue weighted by Crippen LogP contribution is -2.00. The minimum absolute atomic E-state index is 0.130. The van der Waals surface area contributed by atoms with E-state index in [4.69, 9.17) is 0 Å². The zero-order valence-electron chi connectivity index (χ0n) is 4.22. The normalized spacial score (nSPS) is 41.8. The molecule has 0 aromatic rings. The van der Waals surface area contributed by atoms with Crippen LogP contribution in [-0.4, -0.2) is 13.6 Å². The van der Waals surface area contributed by atoms with Gasteiger partial charge in [-0.05, 0) is 0 Å². The molecule has 0 amide bonds. The average molecular weight is 140 g/mol. The Morgan fingerprint density at radius 1 is 1.75 bits per heavy atom. The highest BCUT2D eigenvalue weighted by Gasteiger charge is 2.64. The third-order valence-corrected chi connectivity index (χ3v) is 2.45. The van der Waals surface area contributed by atoms with Crippen molar-refractivity contribution in [2.75, 3.05) is 0 Å². The topological polar surface area (TPSA) is 46.7 Å². The van der Waals surface area contributed by atoms with Crippen LogP contribution in [0.2, 0.25) is 0 Å². The van der Waals surface area contributed by atoms with Gasteiger partial charge in [-0.25, -0.2) is 4.18 Å². The molecule has 1 aliphatic heterocycles. The molecule has 1 heterocycles. The predicted molar refractivity (Wildman–Crippen MR) is 24.1 cm³/mol. The molecule has 8 heavy (non-hydrogen) atoms. The lowest BCUT2D eigenvalue weighted by molar-refractivity contribution is 0.136. The SMILES string of the molecule is CCC1(F)OS1(=O)=O. The zero-order chi connectivity index (χ0) is 6.41. The fourth-order valence-corrected chi connectivity index (χ4v) is 1.31. The summed E-state index contributed by atoms with van der Waals surface area (Å²) in [5.41, 5.74) is 0. The van der Waals surface area contributed by atoms with Crippen molar-refractivity contribution < 1.29 is 17.0 Å². The molecule has 0 aromatic carbocycles. The monoisotopic (exact) mass is 140 g/mol. The van der Waals surface area contributed by atoms with Crippen LogP contribution < -0.4 is 0 Å². The maximum absolute atomic E-state index is 12.2. The maximum atomic E-state index is 12.2. The van der Waals surface area contributed by atoms with Gasteiger partial charge in [0.25, 0.3) is 0 Å². The minimum atomic E-state index is -3.77. The van der Waals surface area contributed by atoms with Gasteiger partial charge in [-0.1, -0.05) is 6.92 Å². The summed E-state index contributed by atoms with van der Waals surface area (Å²) >= 11 is 0. The van der Waals surface area contributed by atoms with Crippen molar-refractivity contribution in [1.29, 1.82) is 0 Å². The first-order valence-electron chi connectivity index (χ1n) is 2.16. The molecule has 0 N–H and O–H groups in total. The molecular formula is C3H5FO3S. The van der Waals surface area contributed by atoms with Crippen molar-refractivity contribution >= 4 is 10.1 Å². The summed E-state index contributed by atoms with van der Waals surface area (Å²) in [5, 5.41) is -2.34. The summed E-state index contributed by atoms with van der Waals surface area (Å²) in [5.74, 6) is 0. The van der Waals surface area contributed by atoms with E-state index in [-0.39, 0.29) is 6.42 Å². The van der Waals surface area contributed by atoms with E-state index in [1.54, 1.807) is 0 Å². The van der Waals surface area contributed by atoms with Gasteiger partial charge in [-0.15, -0.1) is 0 Å². The van der Waals surface area contributed by atoms with Gasteiger partial charge in [0.2, 0.25) is 0 Å². The molecular weight excluding hydrogens is 135 g/mol. The van der Waals surface area contributed by atoms with Crippen LogP contribution in [-0.2, 0) is 14.3 Å². The van der Waals surface area contributed by atoms with Crippen molar-refractivity contribution in [3.05, 3.63) is 0 Å². The maximum Gasteiger partial charge on any atom is 0.350 e. The second-order valence-corrected chi connectivity index (χ2v) is 3.24. The fourth-order valence-electron chi connectivity index (χ4n) is 0.383. The second kappa shape index (κ2) is 1.22. The lowest BCUT2D eigenvalue weighted by Gasteiger charge is -1.82. The van der Waals surface area contributed by atoms with Gasteiger partial charge in [-0.2, -0.15) is 12.8 Å². The molecule has 0 aliphatic carbocycles. The first-order chi connectivity index (χ1) is 3.52. The summed E-state index contributed by atoms with van der Waals surface area (Å²) in [6.45, 7) is 1.41. The molecule has 0 saturated carbocycles. The van der Waals surface area contributed by atoms with Crippen molar-refractivity contribution in [2.24, 2.45) is 0 Å². The Morgan fingerprint density at radius 2 is 2.12 bits per heavy atom. The first-order valence-corrected chi connectivity index (χ1v) is 3.57. The largest absolute Gasteiger partial charge is 0.350 e. The average Bonchev–Trinajstić information content (AvgIpc) is 2.10. The van der Waals surface area contributed by atoms with Crippen molar-refractivity contribution in [1.82, 2.24) is 0 Å². The molecule has 3 nitrogen and oxygen atoms in total. The third-order valence-electron chi connectivity index (χ3n) is 1.00. The summed E-state index contributed by atoms with van der Waals surface area (Å²) in [6, 6.07) is 0. The highest BCUT2D eigenvalue weighted by atomic mass is 32.2. The third kappa shape index (κ3) is 0.545. The predicted octanol–water partition coefficient (Wildman–Crippen LogP) is 0.380. The molecule has 1 atom stereocenters. The van der Waals surface area contributed by atoms with E-state index in [0.29, 0.717) is 0 Å². The lowest BCUT2D eigenvalue weighted by atomic mass is 10.5. The second-order valence-electron chi connectivity index (χ2n) is 1.55. The van der Waals surface area contributed by atoms with Crippen LogP contribution in [0.1, 0.15) is 13.3 Å². The number of hydrogen-bond donors (Lipinski definition) is 0. The van der Waals surface area contributed by atoms with Gasteiger partial charge < -0.3 is 0 Å². The summed E-state index contributed by atoms with van der Waals surface area (Å²) in [4.78, 5) is 0. The van der Waals surface area contributed by atoms with E-state index < -0.39 is 15.3 Å². The Bertz CT molecular complexity index is 197. The van der Waals surface area contributed by atoms with E-state index in [9.17, 15) is 12.8 Å². The van der Waals surface area contributed by atoms with Crippen molar-refractivity contribution in [3.8, 4) is 0 Å². The van der Waals surface area contributed by atoms with Gasteiger partial charge in [0.05, 0.1) is 0 Å². The van der Waals surface area contributed by atoms with Gasteiger partial charge in [0, 0.05) is 6.42 Å². The van der Waals surface area contributed by atoms with Crippen LogP contribution in [0, 0.1) is 0 Å². The van der Waals surface area contributed by atoms with Gasteiger partial charge in [0.15, 0.2) is 0 Å². The van der Waals surface area contributed by atoms with E-state index in [0.717, 1.165) is 0 Å². The molecule has 0 spiro atoms. The van der Waals surface area contributed by atoms with Crippen LogP contribution in [0.3, 0.4) is 0 Å². The van der Waals surface area contributed by atoms with E-state index in [2.05, 4.69) is 4.18 Å². The Balaban J connectivity index is 2.84. The van der Waals surface area contributed by atoms with Crippen molar-refractivity contribution in [3.63, 3.8) is 0 Å². The van der Waals surface area contributed by atoms with Gasteiger partial charge in [0.1, 0.15) is 0 Å². The van der Waals surface area contributed by atoms with Gasteiger partial charge in [-0.3, -0.25) is 0 Å². The summed E-state index contributed by atoms with van der Waals surface area (Å²) in [6.07, 6.45) is -0.130. The quantitative estimate of drug-likeness (QED) is 0.494. The Kier molecular flexibility index (Phi) is 0.908. The Hall–Kier alpha value is -0.160. The summed E-state index contributed by atoms with van der Waals surface area (Å²) in [7, 11) is -3.77. The number of halogens is 1. The van der Waals surface area contributed by atoms with Gasteiger partial charge >= 0.3 is 15.3 Å². The standard InChI is InChI=1S/C3H5FO3S/c1-2-3(4)7-8(3,5)6/h2H2,1H3.